The van der Waals surface area contributed by atoms with Crippen LogP contribution in [0.1, 0.15) is 11.1 Å². The normalized spacial score (nSPS) is 11.2. The maximum Gasteiger partial charge on any atom is 0.264 e. The number of aryl methyl sites for hydroxylation is 1. The Labute approximate surface area is 119 Å². The fraction of sp³-hybridized carbons (Fsp3) is 0.214. The van der Waals surface area contributed by atoms with Crippen LogP contribution < -0.4 is 11.3 Å². The molecule has 2 N–H and O–H groups in total. The van der Waals surface area contributed by atoms with Gasteiger partial charge in [0.2, 0.25) is 0 Å². The van der Waals surface area contributed by atoms with Crippen LogP contribution in [0, 0.1) is 5.82 Å². The molecule has 0 aliphatic carbocycles. The van der Waals surface area contributed by atoms with E-state index in [9.17, 15) is 9.18 Å². The van der Waals surface area contributed by atoms with Gasteiger partial charge in [-0.15, -0.1) is 0 Å². The van der Waals surface area contributed by atoms with Crippen LogP contribution in [0.3, 0.4) is 0 Å². The van der Waals surface area contributed by atoms with Crippen LogP contribution in [0.25, 0.3) is 11.0 Å². The topological polar surface area (TPSA) is 78.7 Å². The van der Waals surface area contributed by atoms with Gasteiger partial charge in [0.05, 0.1) is 12.7 Å². The van der Waals surface area contributed by atoms with Gasteiger partial charge < -0.3 is 5.73 Å². The van der Waals surface area contributed by atoms with E-state index in [0.29, 0.717) is 23.1 Å². The molecule has 7 heteroatoms. The molecule has 0 aliphatic heterocycles. The molecule has 0 amide bonds. The smallest absolute Gasteiger partial charge is 0.264 e. The first kappa shape index (κ1) is 13.4. The van der Waals surface area contributed by atoms with E-state index < -0.39 is 0 Å². The molecule has 0 aliphatic rings. The number of nitrogens with two attached hydrogens (primary N) is 1. The van der Waals surface area contributed by atoms with Crippen molar-refractivity contribution in [1.82, 2.24) is 19.3 Å². The number of aromatic nitrogens is 4. The van der Waals surface area contributed by atoms with E-state index in [1.165, 1.54) is 29.2 Å². The summed E-state index contributed by atoms with van der Waals surface area (Å²) in [5.41, 5.74) is 7.45. The van der Waals surface area contributed by atoms with Gasteiger partial charge in [-0.25, -0.2) is 9.37 Å². The molecule has 21 heavy (non-hydrogen) atoms. The van der Waals surface area contributed by atoms with Crippen molar-refractivity contribution >= 4 is 11.0 Å². The molecule has 0 spiro atoms. The highest BCUT2D eigenvalue weighted by Gasteiger charge is 2.10. The molecule has 0 saturated heterocycles. The molecule has 0 atom stereocenters. The summed E-state index contributed by atoms with van der Waals surface area (Å²) in [5.74, 6) is -0.340. The van der Waals surface area contributed by atoms with Crippen LogP contribution in [0.2, 0.25) is 0 Å². The number of fused-ring (bicyclic) bond motifs is 1. The summed E-state index contributed by atoms with van der Waals surface area (Å²) in [4.78, 5) is 16.6. The number of nitrogens with zero attached hydrogens (tertiary/aromatic N) is 4. The highest BCUT2D eigenvalue weighted by Crippen LogP contribution is 2.12. The number of halogens is 1. The number of hydrogen-bond donors (Lipinski definition) is 1. The number of hydrogen-bond acceptors (Lipinski definition) is 4. The summed E-state index contributed by atoms with van der Waals surface area (Å²) in [5, 5.41) is 4.48. The second kappa shape index (κ2) is 5.10. The van der Waals surface area contributed by atoms with Crippen LogP contribution in [0.4, 0.5) is 4.39 Å². The zero-order valence-electron chi connectivity index (χ0n) is 11.5. The second-order valence-corrected chi connectivity index (χ2v) is 4.80. The maximum absolute atomic E-state index is 13.2. The Morgan fingerprint density at radius 3 is 2.90 bits per heavy atom. The van der Waals surface area contributed by atoms with Crippen LogP contribution >= 0.6 is 0 Å². The minimum absolute atomic E-state index is 0.180. The molecule has 108 valence electrons. The van der Waals surface area contributed by atoms with Crippen LogP contribution in [0.15, 0.2) is 35.5 Å². The molecule has 3 aromatic rings. The van der Waals surface area contributed by atoms with Gasteiger partial charge in [-0.1, -0.05) is 6.07 Å². The Hall–Kier alpha value is -2.54. The van der Waals surface area contributed by atoms with Crippen molar-refractivity contribution in [2.75, 3.05) is 0 Å². The molecule has 0 fully saturated rings. The highest BCUT2D eigenvalue weighted by atomic mass is 19.1. The largest absolute Gasteiger partial charge is 0.326 e. The minimum atomic E-state index is -0.340. The average Bonchev–Trinajstić information content (AvgIpc) is 2.86. The van der Waals surface area contributed by atoms with Crippen molar-refractivity contribution in [3.63, 3.8) is 0 Å². The quantitative estimate of drug-likeness (QED) is 0.772. The van der Waals surface area contributed by atoms with Crippen molar-refractivity contribution in [3.05, 3.63) is 58.0 Å². The van der Waals surface area contributed by atoms with Crippen LogP contribution in [-0.2, 0) is 20.1 Å². The third-order valence-corrected chi connectivity index (χ3v) is 3.45. The lowest BCUT2D eigenvalue weighted by Crippen LogP contribution is -2.22. The molecule has 0 unspecified atom stereocenters. The Morgan fingerprint density at radius 1 is 1.33 bits per heavy atom. The number of rotatable bonds is 3. The van der Waals surface area contributed by atoms with E-state index in [1.54, 1.807) is 17.8 Å². The van der Waals surface area contributed by atoms with E-state index >= 15 is 0 Å². The molecule has 0 bridgehead atoms. The summed E-state index contributed by atoms with van der Waals surface area (Å²) in [6.07, 6.45) is 2.96. The van der Waals surface area contributed by atoms with Gasteiger partial charge in [0.1, 0.15) is 17.5 Å². The lowest BCUT2D eigenvalue weighted by Gasteiger charge is -2.10. The van der Waals surface area contributed by atoms with Crippen molar-refractivity contribution < 1.29 is 4.39 Å². The lowest BCUT2D eigenvalue weighted by atomic mass is 10.1. The molecule has 0 radical (unpaired) electrons. The minimum Gasteiger partial charge on any atom is -0.326 e. The van der Waals surface area contributed by atoms with Crippen molar-refractivity contribution in [2.24, 2.45) is 12.8 Å². The number of benzene rings is 1. The summed E-state index contributed by atoms with van der Waals surface area (Å²) >= 11 is 0. The van der Waals surface area contributed by atoms with Gasteiger partial charge in [-0.05, 0) is 23.3 Å². The summed E-state index contributed by atoms with van der Waals surface area (Å²) in [6.45, 7) is 0.508. The molecular weight excluding hydrogens is 273 g/mol. The van der Waals surface area contributed by atoms with Gasteiger partial charge >= 0.3 is 0 Å². The highest BCUT2D eigenvalue weighted by molar-refractivity contribution is 5.72. The van der Waals surface area contributed by atoms with Crippen molar-refractivity contribution in [2.45, 2.75) is 13.1 Å². The SMILES string of the molecule is Cn1ncc2c(=O)n(Cc3ccc(F)cc3CN)cnc21. The Morgan fingerprint density at radius 2 is 2.14 bits per heavy atom. The molecule has 2 aromatic heterocycles. The Balaban J connectivity index is 2.06. The summed E-state index contributed by atoms with van der Waals surface area (Å²) in [7, 11) is 1.73. The van der Waals surface area contributed by atoms with Gasteiger partial charge in [0, 0.05) is 13.6 Å². The van der Waals surface area contributed by atoms with Gasteiger partial charge in [0.25, 0.3) is 5.56 Å². The van der Waals surface area contributed by atoms with E-state index in [0.717, 1.165) is 5.56 Å². The first-order chi connectivity index (χ1) is 10.1. The molecule has 6 nitrogen and oxygen atoms in total. The van der Waals surface area contributed by atoms with Crippen molar-refractivity contribution in [3.8, 4) is 0 Å². The van der Waals surface area contributed by atoms with Gasteiger partial charge in [-0.2, -0.15) is 5.10 Å². The molecule has 3 rings (SSSR count). The van der Waals surface area contributed by atoms with Crippen LogP contribution in [0.5, 0.6) is 0 Å². The average molecular weight is 287 g/mol. The van der Waals surface area contributed by atoms with Gasteiger partial charge in [-0.3, -0.25) is 14.0 Å². The van der Waals surface area contributed by atoms with Gasteiger partial charge in [0.15, 0.2) is 5.65 Å². The standard InChI is InChI=1S/C14H14FN5O/c1-19-13-12(6-18-19)14(21)20(8-17-13)7-9-2-3-11(15)4-10(9)5-16/h2-4,6,8H,5,7,16H2,1H3. The predicted molar refractivity (Wildman–Crippen MR) is 76.2 cm³/mol. The Kier molecular flexibility index (Phi) is 3.26. The van der Waals surface area contributed by atoms with E-state index in [2.05, 4.69) is 10.1 Å². The molecule has 0 saturated carbocycles. The first-order valence-electron chi connectivity index (χ1n) is 6.44. The molecule has 1 aromatic carbocycles. The molecule has 2 heterocycles. The van der Waals surface area contributed by atoms with E-state index in [4.69, 9.17) is 5.73 Å². The Bertz CT molecular complexity index is 867. The van der Waals surface area contributed by atoms with Crippen molar-refractivity contribution in [1.29, 1.82) is 0 Å². The lowest BCUT2D eigenvalue weighted by molar-refractivity contribution is 0.622. The fourth-order valence-corrected chi connectivity index (χ4v) is 2.30. The van der Waals surface area contributed by atoms with Crippen LogP contribution in [-0.4, -0.2) is 19.3 Å². The zero-order chi connectivity index (χ0) is 15.0. The third kappa shape index (κ3) is 2.31. The zero-order valence-corrected chi connectivity index (χ0v) is 11.5. The maximum atomic E-state index is 13.2. The molecular formula is C14H14FN5O. The summed E-state index contributed by atoms with van der Waals surface area (Å²) < 4.78 is 16.2. The van der Waals surface area contributed by atoms with E-state index in [1.807, 2.05) is 0 Å². The monoisotopic (exact) mass is 287 g/mol. The van der Waals surface area contributed by atoms with E-state index in [-0.39, 0.29) is 17.9 Å². The second-order valence-electron chi connectivity index (χ2n) is 4.80. The predicted octanol–water partition coefficient (Wildman–Crippen LogP) is 0.776. The fourth-order valence-electron chi connectivity index (χ4n) is 2.30. The first-order valence-corrected chi connectivity index (χ1v) is 6.44. The summed E-state index contributed by atoms with van der Waals surface area (Å²) in [6, 6.07) is 4.38. The third-order valence-electron chi connectivity index (χ3n) is 3.45.